The van der Waals surface area contributed by atoms with E-state index in [1.54, 1.807) is 0 Å². The Labute approximate surface area is 143 Å². The van der Waals surface area contributed by atoms with Crippen LogP contribution in [0.2, 0.25) is 0 Å². The van der Waals surface area contributed by atoms with E-state index in [4.69, 9.17) is 0 Å². The molecular weight excluding hydrogens is 294 g/mol. The van der Waals surface area contributed by atoms with Crippen molar-refractivity contribution in [1.82, 2.24) is 14.8 Å². The van der Waals surface area contributed by atoms with Crippen LogP contribution in [0.25, 0.3) is 10.9 Å². The number of aryl methyl sites for hydroxylation is 1. The summed E-state index contributed by atoms with van der Waals surface area (Å²) in [6.07, 6.45) is 0. The van der Waals surface area contributed by atoms with Crippen molar-refractivity contribution in [1.29, 1.82) is 0 Å². The number of likely N-dealkylation sites (N-methyl/N-ethyl adjacent to an activating group) is 1. The molecule has 1 fully saturated rings. The van der Waals surface area contributed by atoms with E-state index in [-0.39, 0.29) is 0 Å². The Bertz CT molecular complexity index is 813. The summed E-state index contributed by atoms with van der Waals surface area (Å²) in [5.41, 5.74) is 5.33. The molecule has 124 valence electrons. The summed E-state index contributed by atoms with van der Waals surface area (Å²) in [5.74, 6) is 0. The smallest absolute Gasteiger partial charge is 0.0626 e. The second kappa shape index (κ2) is 6.42. The van der Waals surface area contributed by atoms with E-state index in [2.05, 4.69) is 83.4 Å². The van der Waals surface area contributed by atoms with Gasteiger partial charge in [0.1, 0.15) is 0 Å². The highest BCUT2D eigenvalue weighted by molar-refractivity contribution is 5.85. The van der Waals surface area contributed by atoms with E-state index >= 15 is 0 Å². The number of hydrogen-bond donors (Lipinski definition) is 1. The van der Waals surface area contributed by atoms with Crippen molar-refractivity contribution in [3.63, 3.8) is 0 Å². The van der Waals surface area contributed by atoms with Gasteiger partial charge in [-0.05, 0) is 25.6 Å². The van der Waals surface area contributed by atoms with Gasteiger partial charge in [0.05, 0.1) is 6.04 Å². The lowest BCUT2D eigenvalue weighted by atomic mass is 9.94. The monoisotopic (exact) mass is 319 g/mol. The summed E-state index contributed by atoms with van der Waals surface area (Å²) in [6, 6.07) is 19.9. The van der Waals surface area contributed by atoms with Crippen LogP contribution in [0, 0.1) is 6.92 Å². The van der Waals surface area contributed by atoms with Crippen LogP contribution in [0.15, 0.2) is 54.6 Å². The molecule has 2 heterocycles. The average molecular weight is 319 g/mol. The van der Waals surface area contributed by atoms with Gasteiger partial charge in [-0.25, -0.2) is 0 Å². The molecule has 2 aromatic carbocycles. The number of rotatable bonds is 3. The van der Waals surface area contributed by atoms with E-state index < -0.39 is 0 Å². The number of nitrogens with zero attached hydrogens (tertiary/aromatic N) is 2. The normalized spacial score (nSPS) is 18.1. The Morgan fingerprint density at radius 3 is 2.29 bits per heavy atom. The fourth-order valence-electron chi connectivity index (χ4n) is 3.93. The standard InChI is InChI=1S/C21H25N3/c1-16-20(18-10-6-7-11-19(18)22-16)21(17-8-4-3-5-9-17)24-14-12-23(2)13-15-24/h3-11,21-22H,12-15H2,1-2H3. The molecule has 0 amide bonds. The number of piperazine rings is 1. The zero-order valence-corrected chi connectivity index (χ0v) is 14.5. The topological polar surface area (TPSA) is 22.3 Å². The quantitative estimate of drug-likeness (QED) is 0.793. The highest BCUT2D eigenvalue weighted by atomic mass is 15.3. The molecule has 1 aliphatic rings. The van der Waals surface area contributed by atoms with Crippen LogP contribution in [0.4, 0.5) is 0 Å². The van der Waals surface area contributed by atoms with Gasteiger partial charge in [-0.15, -0.1) is 0 Å². The largest absolute Gasteiger partial charge is 0.358 e. The fourth-order valence-corrected chi connectivity index (χ4v) is 3.93. The molecule has 1 atom stereocenters. The lowest BCUT2D eigenvalue weighted by molar-refractivity contribution is 0.127. The third kappa shape index (κ3) is 2.74. The molecule has 1 N–H and O–H groups in total. The minimum absolute atomic E-state index is 0.316. The van der Waals surface area contributed by atoms with E-state index in [9.17, 15) is 0 Å². The molecule has 1 unspecified atom stereocenters. The van der Waals surface area contributed by atoms with Crippen molar-refractivity contribution in [2.75, 3.05) is 33.2 Å². The summed E-state index contributed by atoms with van der Waals surface area (Å²) in [4.78, 5) is 8.64. The van der Waals surface area contributed by atoms with Crippen molar-refractivity contribution in [2.24, 2.45) is 0 Å². The Balaban J connectivity index is 1.84. The molecule has 0 aliphatic carbocycles. The zero-order valence-electron chi connectivity index (χ0n) is 14.5. The number of benzene rings is 2. The number of aromatic nitrogens is 1. The van der Waals surface area contributed by atoms with Crippen LogP contribution in [0.3, 0.4) is 0 Å². The van der Waals surface area contributed by atoms with Crippen LogP contribution in [-0.2, 0) is 0 Å². The van der Waals surface area contributed by atoms with E-state index in [1.165, 1.54) is 27.7 Å². The summed E-state index contributed by atoms with van der Waals surface area (Å²) in [5, 5.41) is 1.35. The minimum atomic E-state index is 0.316. The van der Waals surface area contributed by atoms with Gasteiger partial charge >= 0.3 is 0 Å². The van der Waals surface area contributed by atoms with Crippen LogP contribution in [0.1, 0.15) is 22.9 Å². The highest BCUT2D eigenvalue weighted by Crippen LogP contribution is 2.36. The molecular formula is C21H25N3. The van der Waals surface area contributed by atoms with Crippen molar-refractivity contribution in [3.8, 4) is 0 Å². The molecule has 1 saturated heterocycles. The molecule has 1 aromatic heterocycles. The second-order valence-corrected chi connectivity index (χ2v) is 6.86. The molecule has 4 rings (SSSR count). The maximum Gasteiger partial charge on any atom is 0.0626 e. The summed E-state index contributed by atoms with van der Waals surface area (Å²) >= 11 is 0. The molecule has 0 saturated carbocycles. The molecule has 3 aromatic rings. The Hall–Kier alpha value is -2.10. The van der Waals surface area contributed by atoms with Gasteiger partial charge in [-0.1, -0.05) is 48.5 Å². The Morgan fingerprint density at radius 1 is 0.875 bits per heavy atom. The first-order valence-corrected chi connectivity index (χ1v) is 8.79. The van der Waals surface area contributed by atoms with Crippen LogP contribution < -0.4 is 0 Å². The Kier molecular flexibility index (Phi) is 4.13. The summed E-state index contributed by atoms with van der Waals surface area (Å²) in [7, 11) is 2.21. The number of nitrogens with one attached hydrogen (secondary N) is 1. The molecule has 0 radical (unpaired) electrons. The third-order valence-electron chi connectivity index (χ3n) is 5.24. The number of H-pyrrole nitrogens is 1. The van der Waals surface area contributed by atoms with Gasteiger partial charge in [0, 0.05) is 48.3 Å². The Morgan fingerprint density at radius 2 is 1.54 bits per heavy atom. The summed E-state index contributed by atoms with van der Waals surface area (Å²) < 4.78 is 0. The predicted octanol–water partition coefficient (Wildman–Crippen LogP) is 3.81. The minimum Gasteiger partial charge on any atom is -0.358 e. The first-order chi connectivity index (χ1) is 11.7. The van der Waals surface area contributed by atoms with Crippen LogP contribution in [0.5, 0.6) is 0 Å². The fraction of sp³-hybridized carbons (Fsp3) is 0.333. The average Bonchev–Trinajstić information content (AvgIpc) is 2.94. The van der Waals surface area contributed by atoms with Gasteiger partial charge in [0.15, 0.2) is 0 Å². The van der Waals surface area contributed by atoms with E-state index in [0.717, 1.165) is 26.2 Å². The number of aromatic amines is 1. The zero-order chi connectivity index (χ0) is 16.5. The maximum atomic E-state index is 3.59. The first kappa shape index (κ1) is 15.4. The lowest BCUT2D eigenvalue weighted by Gasteiger charge is -2.38. The molecule has 24 heavy (non-hydrogen) atoms. The maximum absolute atomic E-state index is 3.59. The second-order valence-electron chi connectivity index (χ2n) is 6.86. The van der Waals surface area contributed by atoms with Crippen molar-refractivity contribution in [2.45, 2.75) is 13.0 Å². The van der Waals surface area contributed by atoms with E-state index in [0.29, 0.717) is 6.04 Å². The molecule has 1 aliphatic heterocycles. The van der Waals surface area contributed by atoms with Gasteiger partial charge in [-0.3, -0.25) is 4.90 Å². The molecule has 0 spiro atoms. The van der Waals surface area contributed by atoms with Gasteiger partial charge in [-0.2, -0.15) is 0 Å². The lowest BCUT2D eigenvalue weighted by Crippen LogP contribution is -2.46. The van der Waals surface area contributed by atoms with Crippen molar-refractivity contribution >= 4 is 10.9 Å². The van der Waals surface area contributed by atoms with Crippen LogP contribution >= 0.6 is 0 Å². The number of hydrogen-bond acceptors (Lipinski definition) is 2. The van der Waals surface area contributed by atoms with Crippen molar-refractivity contribution in [3.05, 3.63) is 71.4 Å². The molecule has 3 heteroatoms. The van der Waals surface area contributed by atoms with Gasteiger partial charge in [0.2, 0.25) is 0 Å². The predicted molar refractivity (Wildman–Crippen MR) is 100 cm³/mol. The third-order valence-corrected chi connectivity index (χ3v) is 5.24. The molecule has 0 bridgehead atoms. The number of fused-ring (bicyclic) bond motifs is 1. The van der Waals surface area contributed by atoms with Crippen LogP contribution in [-0.4, -0.2) is 48.0 Å². The van der Waals surface area contributed by atoms with E-state index in [1.807, 2.05) is 0 Å². The van der Waals surface area contributed by atoms with Gasteiger partial charge in [0.25, 0.3) is 0 Å². The van der Waals surface area contributed by atoms with Crippen molar-refractivity contribution < 1.29 is 0 Å². The molecule has 3 nitrogen and oxygen atoms in total. The first-order valence-electron chi connectivity index (χ1n) is 8.79. The SMILES string of the molecule is Cc1[nH]c2ccccc2c1C(c1ccccc1)N1CCN(C)CC1. The highest BCUT2D eigenvalue weighted by Gasteiger charge is 2.28. The number of para-hydroxylation sites is 1. The summed E-state index contributed by atoms with van der Waals surface area (Å²) in [6.45, 7) is 6.68. The van der Waals surface area contributed by atoms with Gasteiger partial charge < -0.3 is 9.88 Å².